The average molecular weight is 259 g/mol. The fraction of sp³-hybridized carbons (Fsp3) is 0.467. The van der Waals surface area contributed by atoms with Gasteiger partial charge in [0.2, 0.25) is 11.8 Å². The molecule has 102 valence electrons. The molecule has 1 aromatic carbocycles. The molecule has 0 radical (unpaired) electrons. The lowest BCUT2D eigenvalue weighted by atomic mass is 10.1. The Hall–Kier alpha value is -1.68. The quantitative estimate of drug-likeness (QED) is 0.917. The van der Waals surface area contributed by atoms with E-state index in [1.165, 1.54) is 11.1 Å². The van der Waals surface area contributed by atoms with Crippen LogP contribution in [-0.2, 0) is 13.0 Å². The average Bonchev–Trinajstić information content (AvgIpc) is 2.77. The van der Waals surface area contributed by atoms with Crippen LogP contribution < -0.4 is 5.32 Å². The summed E-state index contributed by atoms with van der Waals surface area (Å²) in [4.78, 5) is 0. The predicted octanol–water partition coefficient (Wildman–Crippen LogP) is 2.86. The molecule has 0 unspecified atom stereocenters. The summed E-state index contributed by atoms with van der Waals surface area (Å²) in [5.74, 6) is 1.30. The summed E-state index contributed by atoms with van der Waals surface area (Å²) in [6, 6.07) is 8.24. The maximum absolute atomic E-state index is 5.65. The highest BCUT2D eigenvalue weighted by molar-refractivity contribution is 5.27. The van der Waals surface area contributed by atoms with Crippen molar-refractivity contribution in [2.24, 2.45) is 0 Å². The third kappa shape index (κ3) is 4.17. The first-order valence-electron chi connectivity index (χ1n) is 6.55. The van der Waals surface area contributed by atoms with Gasteiger partial charge in [0.15, 0.2) is 0 Å². The van der Waals surface area contributed by atoms with Crippen molar-refractivity contribution in [3.63, 3.8) is 0 Å². The molecule has 0 fully saturated rings. The van der Waals surface area contributed by atoms with Crippen LogP contribution in [0.15, 0.2) is 28.7 Å². The zero-order chi connectivity index (χ0) is 13.9. The summed E-state index contributed by atoms with van der Waals surface area (Å²) in [5, 5.41) is 11.5. The predicted molar refractivity (Wildman–Crippen MR) is 74.9 cm³/mol. The van der Waals surface area contributed by atoms with Crippen LogP contribution >= 0.6 is 0 Å². The van der Waals surface area contributed by atoms with Gasteiger partial charge in [0.05, 0.1) is 13.0 Å². The molecule has 0 aliphatic rings. The van der Waals surface area contributed by atoms with Crippen LogP contribution in [-0.4, -0.2) is 15.7 Å². The molecular formula is C15H21N3O. The highest BCUT2D eigenvalue weighted by Gasteiger charge is 2.12. The van der Waals surface area contributed by atoms with E-state index in [4.69, 9.17) is 4.42 Å². The molecule has 1 aromatic heterocycles. The second-order valence-corrected chi connectivity index (χ2v) is 5.80. The molecule has 0 atom stereocenters. The molecule has 0 aliphatic heterocycles. The molecule has 4 heteroatoms. The Morgan fingerprint density at radius 1 is 1.11 bits per heavy atom. The van der Waals surface area contributed by atoms with Crippen LogP contribution in [0.2, 0.25) is 0 Å². The number of aryl methyl sites for hydroxylation is 1. The van der Waals surface area contributed by atoms with Gasteiger partial charge in [-0.05, 0) is 38.8 Å². The van der Waals surface area contributed by atoms with E-state index in [-0.39, 0.29) is 5.54 Å². The third-order valence-corrected chi connectivity index (χ3v) is 2.88. The Balaban J connectivity index is 2.00. The van der Waals surface area contributed by atoms with Crippen molar-refractivity contribution in [1.82, 2.24) is 15.5 Å². The SMILES string of the molecule is Cc1ccccc1Cc1nnc(CNC(C)(C)C)o1. The minimum atomic E-state index is 0.0463. The van der Waals surface area contributed by atoms with Gasteiger partial charge in [0, 0.05) is 5.54 Å². The fourth-order valence-electron chi connectivity index (χ4n) is 1.74. The van der Waals surface area contributed by atoms with Crippen LogP contribution in [0.3, 0.4) is 0 Å². The van der Waals surface area contributed by atoms with Crippen LogP contribution in [0.4, 0.5) is 0 Å². The summed E-state index contributed by atoms with van der Waals surface area (Å²) in [6.45, 7) is 9.02. The van der Waals surface area contributed by atoms with Gasteiger partial charge in [-0.15, -0.1) is 10.2 Å². The largest absolute Gasteiger partial charge is 0.424 e. The number of hydrogen-bond donors (Lipinski definition) is 1. The van der Waals surface area contributed by atoms with Crippen molar-refractivity contribution in [3.8, 4) is 0 Å². The number of nitrogens with zero attached hydrogens (tertiary/aromatic N) is 2. The first-order chi connectivity index (χ1) is 8.94. The molecular weight excluding hydrogens is 238 g/mol. The zero-order valence-corrected chi connectivity index (χ0v) is 12.0. The molecule has 0 saturated heterocycles. The number of hydrogen-bond acceptors (Lipinski definition) is 4. The smallest absolute Gasteiger partial charge is 0.230 e. The standard InChI is InChI=1S/C15H21N3O/c1-11-7-5-6-8-12(11)9-13-17-18-14(19-13)10-16-15(2,3)4/h5-8,16H,9-10H2,1-4H3. The molecule has 2 rings (SSSR count). The Labute approximate surface area is 114 Å². The van der Waals surface area contributed by atoms with E-state index >= 15 is 0 Å². The maximum atomic E-state index is 5.65. The molecule has 0 saturated carbocycles. The van der Waals surface area contributed by atoms with Crippen LogP contribution in [0.1, 0.15) is 43.7 Å². The monoisotopic (exact) mass is 259 g/mol. The van der Waals surface area contributed by atoms with Crippen molar-refractivity contribution in [3.05, 3.63) is 47.2 Å². The summed E-state index contributed by atoms with van der Waals surface area (Å²) < 4.78 is 5.65. The summed E-state index contributed by atoms with van der Waals surface area (Å²) in [5.41, 5.74) is 2.52. The molecule has 0 bridgehead atoms. The molecule has 0 spiro atoms. The van der Waals surface area contributed by atoms with Crippen molar-refractivity contribution in [2.45, 2.75) is 46.2 Å². The molecule has 0 amide bonds. The molecule has 2 aromatic rings. The molecule has 0 aliphatic carbocycles. The van der Waals surface area contributed by atoms with Gasteiger partial charge >= 0.3 is 0 Å². The highest BCUT2D eigenvalue weighted by atomic mass is 16.4. The van der Waals surface area contributed by atoms with Gasteiger partial charge in [-0.2, -0.15) is 0 Å². The molecule has 4 nitrogen and oxygen atoms in total. The second kappa shape index (κ2) is 5.53. The van der Waals surface area contributed by atoms with E-state index in [0.717, 1.165) is 0 Å². The first-order valence-corrected chi connectivity index (χ1v) is 6.55. The van der Waals surface area contributed by atoms with Gasteiger partial charge in [0.1, 0.15) is 0 Å². The third-order valence-electron chi connectivity index (χ3n) is 2.88. The lowest BCUT2D eigenvalue weighted by molar-refractivity contribution is 0.372. The fourth-order valence-corrected chi connectivity index (χ4v) is 1.74. The van der Waals surface area contributed by atoms with Crippen molar-refractivity contribution in [2.75, 3.05) is 0 Å². The number of benzene rings is 1. The van der Waals surface area contributed by atoms with Crippen LogP contribution in [0, 0.1) is 6.92 Å². The number of nitrogens with one attached hydrogen (secondary N) is 1. The van der Waals surface area contributed by atoms with Gasteiger partial charge in [-0.25, -0.2) is 0 Å². The summed E-state index contributed by atoms with van der Waals surface area (Å²) in [6.07, 6.45) is 0.690. The van der Waals surface area contributed by atoms with Gasteiger partial charge in [0.25, 0.3) is 0 Å². The molecule has 1 N–H and O–H groups in total. The van der Waals surface area contributed by atoms with Gasteiger partial charge < -0.3 is 9.73 Å². The zero-order valence-electron chi connectivity index (χ0n) is 12.0. The normalized spacial score (nSPS) is 11.8. The van der Waals surface area contributed by atoms with Crippen LogP contribution in [0.5, 0.6) is 0 Å². The molecule has 1 heterocycles. The Morgan fingerprint density at radius 2 is 1.79 bits per heavy atom. The lowest BCUT2D eigenvalue weighted by Gasteiger charge is -2.18. The summed E-state index contributed by atoms with van der Waals surface area (Å²) in [7, 11) is 0. The first kappa shape index (κ1) is 13.7. The van der Waals surface area contributed by atoms with Gasteiger partial charge in [-0.1, -0.05) is 24.3 Å². The van der Waals surface area contributed by atoms with E-state index in [1.54, 1.807) is 0 Å². The Morgan fingerprint density at radius 3 is 2.47 bits per heavy atom. The highest BCUT2D eigenvalue weighted by Crippen LogP contribution is 2.13. The maximum Gasteiger partial charge on any atom is 0.230 e. The second-order valence-electron chi connectivity index (χ2n) is 5.80. The lowest BCUT2D eigenvalue weighted by Crippen LogP contribution is -2.35. The van der Waals surface area contributed by atoms with Crippen LogP contribution in [0.25, 0.3) is 0 Å². The van der Waals surface area contributed by atoms with Crippen molar-refractivity contribution in [1.29, 1.82) is 0 Å². The minimum absolute atomic E-state index is 0.0463. The summed E-state index contributed by atoms with van der Waals surface area (Å²) >= 11 is 0. The minimum Gasteiger partial charge on any atom is -0.424 e. The van der Waals surface area contributed by atoms with Gasteiger partial charge in [-0.3, -0.25) is 0 Å². The van der Waals surface area contributed by atoms with Crippen molar-refractivity contribution < 1.29 is 4.42 Å². The van der Waals surface area contributed by atoms with E-state index in [0.29, 0.717) is 24.7 Å². The number of rotatable bonds is 4. The Kier molecular flexibility index (Phi) is 4.00. The molecule has 19 heavy (non-hydrogen) atoms. The topological polar surface area (TPSA) is 51.0 Å². The van der Waals surface area contributed by atoms with E-state index in [2.05, 4.69) is 55.3 Å². The Bertz CT molecular complexity index is 540. The number of aromatic nitrogens is 2. The van der Waals surface area contributed by atoms with E-state index in [9.17, 15) is 0 Å². The van der Waals surface area contributed by atoms with E-state index in [1.807, 2.05) is 12.1 Å². The van der Waals surface area contributed by atoms with Crippen molar-refractivity contribution >= 4 is 0 Å². The van der Waals surface area contributed by atoms with E-state index < -0.39 is 0 Å².